The van der Waals surface area contributed by atoms with Crippen molar-refractivity contribution in [3.8, 4) is 0 Å². The summed E-state index contributed by atoms with van der Waals surface area (Å²) in [4.78, 5) is 23.4. The fraction of sp³-hybridized carbons (Fsp3) is 0.667. The first-order valence-corrected chi connectivity index (χ1v) is 7.88. The van der Waals surface area contributed by atoms with Crippen molar-refractivity contribution in [1.29, 1.82) is 0 Å². The lowest BCUT2D eigenvalue weighted by Crippen LogP contribution is -2.42. The minimum absolute atomic E-state index is 0.0684. The summed E-state index contributed by atoms with van der Waals surface area (Å²) in [6.45, 7) is 2.98. The first kappa shape index (κ1) is 13.6. The Morgan fingerprint density at radius 1 is 1.30 bits per heavy atom. The molecule has 0 radical (unpaired) electrons. The molecular formula is C12H17N3O4S. The molecule has 110 valence electrons. The summed E-state index contributed by atoms with van der Waals surface area (Å²) in [6, 6.07) is 0. The highest BCUT2D eigenvalue weighted by atomic mass is 32.2. The molecule has 1 saturated carbocycles. The van der Waals surface area contributed by atoms with Crippen LogP contribution < -0.4 is 11.2 Å². The van der Waals surface area contributed by atoms with Gasteiger partial charge in [0.2, 0.25) is 10.0 Å². The Morgan fingerprint density at radius 2 is 1.95 bits per heavy atom. The summed E-state index contributed by atoms with van der Waals surface area (Å²) in [5, 5.41) is 0. The standard InChI is InChI=1S/C12H17N3O4S/c1-12-4-8(12)5-15(7-12)20(18,19)9-6-13(2)11(17)14(3)10(9)16/h6,8H,4-5,7H2,1-3H3. The van der Waals surface area contributed by atoms with Gasteiger partial charge >= 0.3 is 5.69 Å². The molecule has 3 rings (SSSR count). The van der Waals surface area contributed by atoms with Crippen molar-refractivity contribution in [2.45, 2.75) is 18.2 Å². The van der Waals surface area contributed by atoms with Crippen LogP contribution >= 0.6 is 0 Å². The molecule has 0 N–H and O–H groups in total. The third-order valence-electron chi connectivity index (χ3n) is 4.53. The van der Waals surface area contributed by atoms with Gasteiger partial charge in [0.1, 0.15) is 0 Å². The van der Waals surface area contributed by atoms with Crippen molar-refractivity contribution in [3.05, 3.63) is 27.0 Å². The number of nitrogens with zero attached hydrogens (tertiary/aromatic N) is 3. The van der Waals surface area contributed by atoms with E-state index in [0.717, 1.165) is 21.8 Å². The van der Waals surface area contributed by atoms with Crippen molar-refractivity contribution in [3.63, 3.8) is 0 Å². The van der Waals surface area contributed by atoms with Crippen LogP contribution in [0.25, 0.3) is 0 Å². The Bertz CT molecular complexity index is 807. The highest BCUT2D eigenvalue weighted by Gasteiger charge is 2.58. The third kappa shape index (κ3) is 1.71. The quantitative estimate of drug-likeness (QED) is 0.710. The maximum Gasteiger partial charge on any atom is 0.330 e. The molecule has 1 aromatic rings. The fourth-order valence-corrected chi connectivity index (χ4v) is 4.74. The maximum absolute atomic E-state index is 12.6. The molecule has 0 spiro atoms. The normalized spacial score (nSPS) is 29.4. The van der Waals surface area contributed by atoms with Crippen LogP contribution in [0.1, 0.15) is 13.3 Å². The van der Waals surface area contributed by atoms with E-state index in [9.17, 15) is 18.0 Å². The molecule has 1 aromatic heterocycles. The topological polar surface area (TPSA) is 81.4 Å². The van der Waals surface area contributed by atoms with Gasteiger partial charge in [-0.25, -0.2) is 13.2 Å². The summed E-state index contributed by atoms with van der Waals surface area (Å²) in [6.07, 6.45) is 2.16. The molecule has 0 amide bonds. The molecule has 1 saturated heterocycles. The number of hydrogen-bond acceptors (Lipinski definition) is 4. The molecule has 1 aliphatic carbocycles. The number of fused-ring (bicyclic) bond motifs is 1. The molecule has 0 bridgehead atoms. The van der Waals surface area contributed by atoms with Crippen LogP contribution in [0, 0.1) is 11.3 Å². The van der Waals surface area contributed by atoms with Crippen LogP contribution in [-0.4, -0.2) is 34.9 Å². The van der Waals surface area contributed by atoms with Crippen molar-refractivity contribution < 1.29 is 8.42 Å². The van der Waals surface area contributed by atoms with Gasteiger partial charge in [-0.3, -0.25) is 9.36 Å². The SMILES string of the molecule is Cn1cc(S(=O)(=O)N2CC3CC3(C)C2)c(=O)n(C)c1=O. The van der Waals surface area contributed by atoms with E-state index in [1.54, 1.807) is 0 Å². The molecule has 7 nitrogen and oxygen atoms in total. The monoisotopic (exact) mass is 299 g/mol. The first-order valence-electron chi connectivity index (χ1n) is 6.44. The van der Waals surface area contributed by atoms with Crippen molar-refractivity contribution in [2.24, 2.45) is 25.4 Å². The summed E-state index contributed by atoms with van der Waals surface area (Å²) in [5.74, 6) is 0.397. The molecule has 2 aliphatic rings. The Balaban J connectivity index is 2.09. The van der Waals surface area contributed by atoms with Gasteiger partial charge in [0.05, 0.1) is 0 Å². The molecule has 8 heteroatoms. The van der Waals surface area contributed by atoms with Crippen molar-refractivity contribution in [2.75, 3.05) is 13.1 Å². The number of piperidine rings is 1. The third-order valence-corrected chi connectivity index (χ3v) is 6.33. The van der Waals surface area contributed by atoms with Gasteiger partial charge in [0, 0.05) is 33.4 Å². The van der Waals surface area contributed by atoms with E-state index in [1.165, 1.54) is 18.4 Å². The number of aromatic nitrogens is 2. The number of aryl methyl sites for hydroxylation is 1. The van der Waals surface area contributed by atoms with Gasteiger partial charge in [-0.1, -0.05) is 6.92 Å². The number of rotatable bonds is 2. The van der Waals surface area contributed by atoms with E-state index in [2.05, 4.69) is 6.92 Å². The second kappa shape index (κ2) is 3.82. The highest BCUT2D eigenvalue weighted by molar-refractivity contribution is 7.89. The minimum atomic E-state index is -3.83. The zero-order valence-electron chi connectivity index (χ0n) is 11.7. The average Bonchev–Trinajstić information content (AvgIpc) is 2.89. The second-order valence-electron chi connectivity index (χ2n) is 6.10. The highest BCUT2D eigenvalue weighted by Crippen LogP contribution is 2.57. The minimum Gasteiger partial charge on any atom is -0.302 e. The van der Waals surface area contributed by atoms with E-state index >= 15 is 0 Å². The van der Waals surface area contributed by atoms with E-state index in [1.807, 2.05) is 0 Å². The zero-order chi connectivity index (χ0) is 14.9. The van der Waals surface area contributed by atoms with Crippen molar-refractivity contribution in [1.82, 2.24) is 13.4 Å². The van der Waals surface area contributed by atoms with Crippen LogP contribution in [0.4, 0.5) is 0 Å². The predicted molar refractivity (Wildman–Crippen MR) is 71.9 cm³/mol. The van der Waals surface area contributed by atoms with Crippen LogP contribution in [0.3, 0.4) is 0 Å². The lowest BCUT2D eigenvalue weighted by atomic mass is 10.1. The first-order chi connectivity index (χ1) is 9.17. The molecule has 2 heterocycles. The average molecular weight is 299 g/mol. The van der Waals surface area contributed by atoms with E-state index in [4.69, 9.17) is 0 Å². The summed E-state index contributed by atoms with van der Waals surface area (Å²) in [7, 11) is -1.11. The van der Waals surface area contributed by atoms with Crippen LogP contribution in [0.5, 0.6) is 0 Å². The smallest absolute Gasteiger partial charge is 0.302 e. The lowest BCUT2D eigenvalue weighted by Gasteiger charge is -2.19. The molecule has 20 heavy (non-hydrogen) atoms. The van der Waals surface area contributed by atoms with Crippen LogP contribution in [0.15, 0.2) is 20.7 Å². The number of sulfonamides is 1. The van der Waals surface area contributed by atoms with E-state index in [0.29, 0.717) is 19.0 Å². The lowest BCUT2D eigenvalue weighted by molar-refractivity contribution is 0.412. The summed E-state index contributed by atoms with van der Waals surface area (Å²) < 4.78 is 28.5. The predicted octanol–water partition coefficient (Wildman–Crippen LogP) is -0.885. The summed E-state index contributed by atoms with van der Waals surface area (Å²) in [5.41, 5.74) is -1.23. The zero-order valence-corrected chi connectivity index (χ0v) is 12.5. The Morgan fingerprint density at radius 3 is 2.50 bits per heavy atom. The van der Waals surface area contributed by atoms with Crippen molar-refractivity contribution >= 4 is 10.0 Å². The molecule has 1 aliphatic heterocycles. The Kier molecular flexibility index (Phi) is 2.59. The fourth-order valence-electron chi connectivity index (χ4n) is 2.97. The largest absolute Gasteiger partial charge is 0.330 e. The van der Waals surface area contributed by atoms with Gasteiger partial charge in [-0.2, -0.15) is 4.31 Å². The van der Waals surface area contributed by atoms with E-state index < -0.39 is 21.3 Å². The van der Waals surface area contributed by atoms with Gasteiger partial charge in [0.15, 0.2) is 4.90 Å². The second-order valence-corrected chi connectivity index (χ2v) is 8.01. The number of hydrogen-bond donors (Lipinski definition) is 0. The molecule has 2 atom stereocenters. The van der Waals surface area contributed by atoms with Gasteiger partial charge < -0.3 is 4.57 Å². The molecule has 0 aromatic carbocycles. The molecule has 2 fully saturated rings. The van der Waals surface area contributed by atoms with E-state index in [-0.39, 0.29) is 10.3 Å². The van der Waals surface area contributed by atoms with Crippen LogP contribution in [0.2, 0.25) is 0 Å². The van der Waals surface area contributed by atoms with Crippen LogP contribution in [-0.2, 0) is 24.1 Å². The summed E-state index contributed by atoms with van der Waals surface area (Å²) >= 11 is 0. The Labute approximate surface area is 116 Å². The molecule has 2 unspecified atom stereocenters. The molecular weight excluding hydrogens is 282 g/mol. The Hall–Kier alpha value is -1.41. The maximum atomic E-state index is 12.6. The van der Waals surface area contributed by atoms with Gasteiger partial charge in [0.25, 0.3) is 5.56 Å². The van der Waals surface area contributed by atoms with Gasteiger partial charge in [-0.15, -0.1) is 0 Å². The van der Waals surface area contributed by atoms with Gasteiger partial charge in [-0.05, 0) is 17.8 Å².